The molecule has 0 N–H and O–H groups in total. The van der Waals surface area contributed by atoms with Crippen LogP contribution in [0.3, 0.4) is 0 Å². The van der Waals surface area contributed by atoms with Crippen molar-refractivity contribution in [3.8, 4) is 17.0 Å². The number of nitrogens with zero attached hydrogens (tertiary/aromatic N) is 4. The Morgan fingerprint density at radius 1 is 1.21 bits per heavy atom. The van der Waals surface area contributed by atoms with Gasteiger partial charge in [-0.3, -0.25) is 9.59 Å². The summed E-state index contributed by atoms with van der Waals surface area (Å²) in [4.78, 5) is 40.2. The fraction of sp³-hybridized carbons (Fsp3) is 0.400. The highest BCUT2D eigenvalue weighted by Crippen LogP contribution is 2.31. The molecule has 0 bridgehead atoms. The van der Waals surface area contributed by atoms with Crippen molar-refractivity contribution in [1.82, 2.24) is 15.0 Å². The molecule has 4 heterocycles. The first-order valence-electron chi connectivity index (χ1n) is 11.6. The Kier molecular flexibility index (Phi) is 6.53. The van der Waals surface area contributed by atoms with Gasteiger partial charge in [-0.05, 0) is 43.5 Å². The van der Waals surface area contributed by atoms with E-state index in [1.807, 2.05) is 24.4 Å². The highest BCUT2D eigenvalue weighted by atomic mass is 32.1. The van der Waals surface area contributed by atoms with Gasteiger partial charge in [-0.15, -0.1) is 11.3 Å². The highest BCUT2D eigenvalue weighted by molar-refractivity contribution is 7.10. The molecule has 1 aromatic carbocycles. The van der Waals surface area contributed by atoms with Crippen LogP contribution in [0.4, 0.5) is 5.82 Å². The van der Waals surface area contributed by atoms with E-state index >= 15 is 0 Å². The summed E-state index contributed by atoms with van der Waals surface area (Å²) in [5, 5.41) is 2.73. The summed E-state index contributed by atoms with van der Waals surface area (Å²) >= 11 is 1.48. The minimum atomic E-state index is -0.121. The summed E-state index contributed by atoms with van der Waals surface area (Å²) < 4.78 is 10.7. The number of hydrogen-bond donors (Lipinski definition) is 0. The average Bonchev–Trinajstić information content (AvgIpc) is 3.53. The molecule has 34 heavy (non-hydrogen) atoms. The third-order valence-corrected chi connectivity index (χ3v) is 7.06. The van der Waals surface area contributed by atoms with E-state index < -0.39 is 0 Å². The van der Waals surface area contributed by atoms with Crippen molar-refractivity contribution in [3.63, 3.8) is 0 Å². The van der Waals surface area contributed by atoms with Gasteiger partial charge in [0.25, 0.3) is 0 Å². The Labute approximate surface area is 202 Å². The van der Waals surface area contributed by atoms with Crippen molar-refractivity contribution in [2.45, 2.75) is 32.6 Å². The third kappa shape index (κ3) is 4.79. The van der Waals surface area contributed by atoms with E-state index in [0.29, 0.717) is 25.4 Å². The third-order valence-electron chi connectivity index (χ3n) is 6.21. The topological polar surface area (TPSA) is 94.5 Å². The van der Waals surface area contributed by atoms with Gasteiger partial charge in [-0.2, -0.15) is 0 Å². The molecule has 0 radical (unpaired) electrons. The highest BCUT2D eigenvalue weighted by Gasteiger charge is 2.27. The smallest absolute Gasteiger partial charge is 0.309 e. The molecule has 2 aliphatic heterocycles. The van der Waals surface area contributed by atoms with Crippen molar-refractivity contribution in [2.24, 2.45) is 5.92 Å². The summed E-state index contributed by atoms with van der Waals surface area (Å²) in [7, 11) is 0. The van der Waals surface area contributed by atoms with Gasteiger partial charge >= 0.3 is 5.97 Å². The van der Waals surface area contributed by atoms with Crippen LogP contribution in [-0.2, 0) is 22.4 Å². The van der Waals surface area contributed by atoms with Gasteiger partial charge in [0.15, 0.2) is 5.78 Å². The number of rotatable bonds is 7. The number of thiazole rings is 1. The van der Waals surface area contributed by atoms with E-state index in [-0.39, 0.29) is 24.1 Å². The van der Waals surface area contributed by atoms with Gasteiger partial charge in [0.05, 0.1) is 43.6 Å². The number of fused-ring (bicyclic) bond motifs is 1. The molecule has 2 aliphatic rings. The second kappa shape index (κ2) is 9.89. The van der Waals surface area contributed by atoms with Gasteiger partial charge < -0.3 is 14.4 Å². The molecule has 0 spiro atoms. The van der Waals surface area contributed by atoms with Gasteiger partial charge in [0.2, 0.25) is 0 Å². The Morgan fingerprint density at radius 3 is 2.82 bits per heavy atom. The molecule has 176 valence electrons. The average molecular weight is 479 g/mol. The van der Waals surface area contributed by atoms with E-state index in [1.54, 1.807) is 6.20 Å². The molecule has 0 atom stereocenters. The monoisotopic (exact) mass is 478 g/mol. The predicted octanol–water partition coefficient (Wildman–Crippen LogP) is 3.74. The van der Waals surface area contributed by atoms with Gasteiger partial charge in [0, 0.05) is 30.5 Å². The molecule has 0 amide bonds. The lowest BCUT2D eigenvalue weighted by Crippen LogP contribution is -2.37. The number of esters is 1. The zero-order valence-electron chi connectivity index (χ0n) is 19.0. The van der Waals surface area contributed by atoms with Crippen molar-refractivity contribution >= 4 is 28.9 Å². The van der Waals surface area contributed by atoms with Gasteiger partial charge in [0.1, 0.15) is 22.3 Å². The van der Waals surface area contributed by atoms with E-state index in [9.17, 15) is 9.59 Å². The van der Waals surface area contributed by atoms with Crippen LogP contribution in [0.5, 0.6) is 5.75 Å². The zero-order chi connectivity index (χ0) is 23.5. The van der Waals surface area contributed by atoms with Gasteiger partial charge in [-0.1, -0.05) is 0 Å². The molecule has 0 saturated carbocycles. The first-order valence-corrected chi connectivity index (χ1v) is 12.5. The summed E-state index contributed by atoms with van der Waals surface area (Å²) in [6, 6.07) is 6.10. The first kappa shape index (κ1) is 22.5. The number of ketones is 1. The molecule has 9 heteroatoms. The maximum Gasteiger partial charge on any atom is 0.309 e. The van der Waals surface area contributed by atoms with E-state index in [0.717, 1.165) is 53.7 Å². The lowest BCUT2D eigenvalue weighted by molar-refractivity contribution is -0.148. The molecule has 5 rings (SSSR count). The largest absolute Gasteiger partial charge is 0.493 e. The molecule has 3 aromatic rings. The second-order valence-electron chi connectivity index (χ2n) is 8.42. The standard InChI is InChI=1S/C25H26N4O4S/c1-2-32-25(31)16-5-8-29(9-6-16)23-14-26-19(13-27-23)21(30)12-24-28-20(15-34-24)17-3-4-22-18(11-17)7-10-33-22/h3-4,11,13-16H,2,5-10,12H2,1H3. The number of carbonyl (C=O) groups is 2. The molecular weight excluding hydrogens is 452 g/mol. The minimum Gasteiger partial charge on any atom is -0.493 e. The van der Waals surface area contributed by atoms with E-state index in [4.69, 9.17) is 9.47 Å². The quantitative estimate of drug-likeness (QED) is 0.374. The van der Waals surface area contributed by atoms with E-state index in [2.05, 4.69) is 25.9 Å². The number of anilines is 1. The van der Waals surface area contributed by atoms with Crippen LogP contribution in [-0.4, -0.2) is 53.0 Å². The Bertz CT molecular complexity index is 1190. The maximum absolute atomic E-state index is 12.8. The Balaban J connectivity index is 1.18. The zero-order valence-corrected chi connectivity index (χ0v) is 19.8. The lowest BCUT2D eigenvalue weighted by Gasteiger charge is -2.31. The SMILES string of the molecule is CCOC(=O)C1CCN(c2cnc(C(=O)Cc3nc(-c4ccc5c(c4)CCO5)cs3)cn2)CC1. The Morgan fingerprint density at radius 2 is 2.06 bits per heavy atom. The number of Topliss-reactive ketones (excluding diaryl/α,β-unsaturated/α-hetero) is 1. The summed E-state index contributed by atoms with van der Waals surface area (Å²) in [6.45, 7) is 4.38. The summed E-state index contributed by atoms with van der Waals surface area (Å²) in [5.41, 5.74) is 3.44. The summed E-state index contributed by atoms with van der Waals surface area (Å²) in [5.74, 6) is 1.38. The van der Waals surface area contributed by atoms with Crippen LogP contribution in [0.15, 0.2) is 36.0 Å². The van der Waals surface area contributed by atoms with Crippen LogP contribution >= 0.6 is 11.3 Å². The normalized spacial score (nSPS) is 15.6. The number of aromatic nitrogens is 3. The summed E-state index contributed by atoms with van der Waals surface area (Å²) in [6.07, 6.45) is 5.73. The number of hydrogen-bond acceptors (Lipinski definition) is 9. The number of carbonyl (C=O) groups excluding carboxylic acids is 2. The first-order chi connectivity index (χ1) is 16.6. The molecule has 1 fully saturated rings. The predicted molar refractivity (Wildman–Crippen MR) is 128 cm³/mol. The van der Waals surface area contributed by atoms with Crippen molar-refractivity contribution in [3.05, 3.63) is 52.2 Å². The fourth-order valence-electron chi connectivity index (χ4n) is 4.33. The van der Waals surface area contributed by atoms with E-state index in [1.165, 1.54) is 23.1 Å². The van der Waals surface area contributed by atoms with Crippen molar-refractivity contribution in [1.29, 1.82) is 0 Å². The van der Waals surface area contributed by atoms with Crippen LogP contribution in [0.25, 0.3) is 11.3 Å². The molecule has 0 unspecified atom stereocenters. The number of ether oxygens (including phenoxy) is 2. The maximum atomic E-state index is 12.8. The molecule has 0 aliphatic carbocycles. The number of benzene rings is 1. The molecule has 8 nitrogen and oxygen atoms in total. The van der Waals surface area contributed by atoms with Crippen LogP contribution in [0.2, 0.25) is 0 Å². The van der Waals surface area contributed by atoms with Crippen LogP contribution in [0, 0.1) is 5.92 Å². The van der Waals surface area contributed by atoms with Crippen LogP contribution < -0.4 is 9.64 Å². The minimum absolute atomic E-state index is 0.0571. The van der Waals surface area contributed by atoms with Crippen LogP contribution in [0.1, 0.15) is 40.8 Å². The molecule has 1 saturated heterocycles. The van der Waals surface area contributed by atoms with Crippen molar-refractivity contribution < 1.29 is 19.1 Å². The van der Waals surface area contributed by atoms with Gasteiger partial charge in [-0.25, -0.2) is 15.0 Å². The fourth-order valence-corrected chi connectivity index (χ4v) is 5.13. The van der Waals surface area contributed by atoms with Crippen molar-refractivity contribution in [2.75, 3.05) is 31.2 Å². The lowest BCUT2D eigenvalue weighted by atomic mass is 9.97. The second-order valence-corrected chi connectivity index (χ2v) is 9.36. The molecule has 2 aromatic heterocycles. The molecular formula is C25H26N4O4S. The number of piperidine rings is 1. The Hall–Kier alpha value is -3.33.